The van der Waals surface area contributed by atoms with E-state index in [4.69, 9.17) is 16.3 Å². The molecule has 0 radical (unpaired) electrons. The summed E-state index contributed by atoms with van der Waals surface area (Å²) in [5.41, 5.74) is 0.0450. The Hall–Kier alpha value is -0.930. The Balaban J connectivity index is 3.12. The standard InChI is InChI=1S/C17H29ClN4O3S/c1-16(2,3)15(23)19-13-10-11(14(18)21-20-13)12(8-9-25-7)22-26(24)17(4,5)6/h10,12,22H,8-9H2,1-7H3,(H,19,20,23)/t12?,26-/m0/s1. The maximum atomic E-state index is 12.5. The van der Waals surface area contributed by atoms with Gasteiger partial charge >= 0.3 is 0 Å². The van der Waals surface area contributed by atoms with Gasteiger partial charge < -0.3 is 14.6 Å². The zero-order valence-corrected chi connectivity index (χ0v) is 18.0. The molecule has 0 saturated carbocycles. The average Bonchev–Trinajstić information content (AvgIpc) is 2.51. The molecule has 2 atom stereocenters. The smallest absolute Gasteiger partial charge is 0.230 e. The van der Waals surface area contributed by atoms with Gasteiger partial charge in [0.2, 0.25) is 5.91 Å². The van der Waals surface area contributed by atoms with E-state index in [0.29, 0.717) is 24.4 Å². The number of ether oxygens (including phenoxy) is 1. The molecule has 7 nitrogen and oxygen atoms in total. The SMILES string of the molecule is COCCC(N[S@@+]([O-])C(C)(C)C)c1cc(NC(=O)C(C)(C)C)nnc1Cl. The Bertz CT molecular complexity index is 617. The minimum absolute atomic E-state index is 0.181. The van der Waals surface area contributed by atoms with Crippen LogP contribution in [0.5, 0.6) is 0 Å². The average molecular weight is 405 g/mol. The van der Waals surface area contributed by atoms with Gasteiger partial charge in [-0.3, -0.25) is 4.79 Å². The highest BCUT2D eigenvalue weighted by Crippen LogP contribution is 2.28. The molecule has 9 heteroatoms. The van der Waals surface area contributed by atoms with E-state index >= 15 is 0 Å². The lowest BCUT2D eigenvalue weighted by molar-refractivity contribution is -0.123. The molecule has 148 valence electrons. The quantitative estimate of drug-likeness (QED) is 0.676. The summed E-state index contributed by atoms with van der Waals surface area (Å²) < 4.78 is 20.3. The van der Waals surface area contributed by atoms with E-state index in [0.717, 1.165) is 0 Å². The zero-order chi connectivity index (χ0) is 20.1. The molecule has 0 fully saturated rings. The van der Waals surface area contributed by atoms with Gasteiger partial charge in [0.05, 0.1) is 6.04 Å². The lowest BCUT2D eigenvalue weighted by Gasteiger charge is -2.28. The van der Waals surface area contributed by atoms with Crippen molar-refractivity contribution in [3.8, 4) is 0 Å². The lowest BCUT2D eigenvalue weighted by Crippen LogP contribution is -2.41. The molecule has 1 aromatic heterocycles. The fourth-order valence-electron chi connectivity index (χ4n) is 1.82. The maximum absolute atomic E-state index is 12.5. The van der Waals surface area contributed by atoms with Gasteiger partial charge in [-0.1, -0.05) is 32.4 Å². The molecule has 0 bridgehead atoms. The van der Waals surface area contributed by atoms with Gasteiger partial charge in [0, 0.05) is 36.1 Å². The van der Waals surface area contributed by atoms with Gasteiger partial charge in [-0.15, -0.1) is 14.9 Å². The molecule has 0 saturated heterocycles. The second-order valence-corrected chi connectivity index (χ2v) is 10.4. The van der Waals surface area contributed by atoms with E-state index in [1.807, 2.05) is 41.5 Å². The Morgan fingerprint density at radius 3 is 2.42 bits per heavy atom. The third-order valence-electron chi connectivity index (χ3n) is 3.49. The highest BCUT2D eigenvalue weighted by molar-refractivity contribution is 7.90. The van der Waals surface area contributed by atoms with Crippen LogP contribution < -0.4 is 10.0 Å². The lowest BCUT2D eigenvalue weighted by atomic mass is 9.96. The number of hydrogen-bond acceptors (Lipinski definition) is 6. The second-order valence-electron chi connectivity index (χ2n) is 8.01. The molecule has 1 amide bonds. The number of hydrogen-bond donors (Lipinski definition) is 2. The molecule has 0 aliphatic heterocycles. The molecule has 0 spiro atoms. The summed E-state index contributed by atoms with van der Waals surface area (Å²) in [5, 5.41) is 10.8. The third kappa shape index (κ3) is 7.00. The summed E-state index contributed by atoms with van der Waals surface area (Å²) in [6.45, 7) is 11.5. The number of amides is 1. The number of aromatic nitrogens is 2. The predicted octanol–water partition coefficient (Wildman–Crippen LogP) is 3.24. The molecule has 1 heterocycles. The number of rotatable bonds is 7. The Morgan fingerprint density at radius 2 is 1.92 bits per heavy atom. The highest BCUT2D eigenvalue weighted by Gasteiger charge is 2.31. The van der Waals surface area contributed by atoms with E-state index in [2.05, 4.69) is 20.2 Å². The van der Waals surface area contributed by atoms with Gasteiger partial charge in [0.25, 0.3) is 0 Å². The normalized spacial score (nSPS) is 14.8. The van der Waals surface area contributed by atoms with Crippen molar-refractivity contribution in [2.45, 2.75) is 58.8 Å². The van der Waals surface area contributed by atoms with E-state index in [1.165, 1.54) is 0 Å². The van der Waals surface area contributed by atoms with Crippen LogP contribution in [0.3, 0.4) is 0 Å². The molecule has 1 rings (SSSR count). The molecule has 0 aliphatic rings. The zero-order valence-electron chi connectivity index (χ0n) is 16.5. The molecule has 1 aromatic rings. The monoisotopic (exact) mass is 404 g/mol. The van der Waals surface area contributed by atoms with Crippen LogP contribution in [0.2, 0.25) is 5.15 Å². The van der Waals surface area contributed by atoms with Crippen LogP contribution in [0.1, 0.15) is 59.6 Å². The topological polar surface area (TPSA) is 99.2 Å². The van der Waals surface area contributed by atoms with Gasteiger partial charge in [-0.2, -0.15) is 0 Å². The van der Waals surface area contributed by atoms with Crippen LogP contribution in [0.25, 0.3) is 0 Å². The predicted molar refractivity (Wildman–Crippen MR) is 105 cm³/mol. The van der Waals surface area contributed by atoms with Crippen LogP contribution in [0.15, 0.2) is 6.07 Å². The van der Waals surface area contributed by atoms with Crippen molar-refractivity contribution in [3.63, 3.8) is 0 Å². The van der Waals surface area contributed by atoms with E-state index < -0.39 is 21.5 Å². The minimum atomic E-state index is -1.31. The number of carbonyl (C=O) groups excluding carboxylic acids is 1. The molecule has 26 heavy (non-hydrogen) atoms. The maximum Gasteiger partial charge on any atom is 0.230 e. The van der Waals surface area contributed by atoms with Crippen LogP contribution >= 0.6 is 11.6 Å². The molecule has 0 aromatic carbocycles. The van der Waals surface area contributed by atoms with E-state index in [-0.39, 0.29) is 17.1 Å². The first-order chi connectivity index (χ1) is 11.9. The Morgan fingerprint density at radius 1 is 1.31 bits per heavy atom. The summed E-state index contributed by atoms with van der Waals surface area (Å²) in [6, 6.07) is 1.30. The molecule has 2 N–H and O–H groups in total. The summed E-state index contributed by atoms with van der Waals surface area (Å²) in [4.78, 5) is 12.2. The first-order valence-corrected chi connectivity index (χ1v) is 9.90. The van der Waals surface area contributed by atoms with Crippen molar-refractivity contribution in [1.82, 2.24) is 14.9 Å². The van der Waals surface area contributed by atoms with Crippen LogP contribution in [0.4, 0.5) is 5.82 Å². The van der Waals surface area contributed by atoms with E-state index in [1.54, 1.807) is 13.2 Å². The number of nitrogens with zero attached hydrogens (tertiary/aromatic N) is 2. The number of halogens is 1. The number of nitrogens with one attached hydrogen (secondary N) is 2. The van der Waals surface area contributed by atoms with Crippen LogP contribution in [-0.2, 0) is 20.9 Å². The van der Waals surface area contributed by atoms with Crippen LogP contribution in [0, 0.1) is 5.41 Å². The second kappa shape index (κ2) is 9.32. The molecule has 0 aliphatic carbocycles. The largest absolute Gasteiger partial charge is 0.598 e. The molecular weight excluding hydrogens is 376 g/mol. The van der Waals surface area contributed by atoms with E-state index in [9.17, 15) is 9.35 Å². The van der Waals surface area contributed by atoms with Gasteiger partial charge in [0.1, 0.15) is 4.75 Å². The van der Waals surface area contributed by atoms with Crippen molar-refractivity contribution < 1.29 is 14.1 Å². The van der Waals surface area contributed by atoms with Gasteiger partial charge in [-0.05, 0) is 33.3 Å². The number of carbonyl (C=O) groups is 1. The first-order valence-electron chi connectivity index (χ1n) is 8.38. The fourth-order valence-corrected chi connectivity index (χ4v) is 2.90. The van der Waals surface area contributed by atoms with Crippen LogP contribution in [-0.4, -0.2) is 39.1 Å². The van der Waals surface area contributed by atoms with Crippen molar-refractivity contribution in [3.05, 3.63) is 16.8 Å². The summed E-state index contributed by atoms with van der Waals surface area (Å²) >= 11 is 4.92. The van der Waals surface area contributed by atoms with Gasteiger partial charge in [-0.25, -0.2) is 0 Å². The van der Waals surface area contributed by atoms with Crippen molar-refractivity contribution >= 4 is 34.7 Å². The first kappa shape index (κ1) is 23.1. The van der Waals surface area contributed by atoms with Gasteiger partial charge in [0.15, 0.2) is 11.0 Å². The number of methoxy groups -OCH3 is 1. The van der Waals surface area contributed by atoms with Crippen molar-refractivity contribution in [2.75, 3.05) is 19.0 Å². The molecule has 1 unspecified atom stereocenters. The summed E-state index contributed by atoms with van der Waals surface area (Å²) in [6.07, 6.45) is 0.538. The fraction of sp³-hybridized carbons (Fsp3) is 0.706. The number of anilines is 1. The molecular formula is C17H29ClN4O3S. The summed E-state index contributed by atoms with van der Waals surface area (Å²) in [5.74, 6) is 0.120. The third-order valence-corrected chi connectivity index (χ3v) is 5.40. The van der Waals surface area contributed by atoms with Crippen molar-refractivity contribution in [2.24, 2.45) is 5.41 Å². The van der Waals surface area contributed by atoms with Crippen molar-refractivity contribution in [1.29, 1.82) is 0 Å². The highest BCUT2D eigenvalue weighted by atomic mass is 35.5. The minimum Gasteiger partial charge on any atom is -0.598 e. The Labute approximate surface area is 163 Å². The summed E-state index contributed by atoms with van der Waals surface area (Å²) in [7, 11) is 1.60. The Kier molecular flexibility index (Phi) is 8.29.